The molecule has 2 heterocycles. The van der Waals surface area contributed by atoms with Crippen molar-refractivity contribution in [3.8, 4) is 5.75 Å². The molecule has 5 heteroatoms. The van der Waals surface area contributed by atoms with Crippen LogP contribution in [-0.2, 0) is 18.4 Å². The number of aromatic nitrogens is 2. The average Bonchev–Trinajstić information content (AvgIpc) is 2.92. The summed E-state index contributed by atoms with van der Waals surface area (Å²) in [5.74, 6) is 1.16. The summed E-state index contributed by atoms with van der Waals surface area (Å²) in [7, 11) is 4.00. The maximum atomic E-state index is 9.72. The second-order valence-electron chi connectivity index (χ2n) is 7.70. The maximum absolute atomic E-state index is 9.72. The summed E-state index contributed by atoms with van der Waals surface area (Å²) in [5, 5.41) is 9.72. The molecule has 2 aromatic rings. The summed E-state index contributed by atoms with van der Waals surface area (Å²) in [5.41, 5.74) is 3.93. The van der Waals surface area contributed by atoms with Crippen molar-refractivity contribution in [1.82, 2.24) is 14.9 Å². The van der Waals surface area contributed by atoms with Gasteiger partial charge in [-0.1, -0.05) is 12.1 Å². The maximum Gasteiger partial charge on any atom is 0.225 e. The Morgan fingerprint density at radius 1 is 1.28 bits per heavy atom. The molecule has 0 bridgehead atoms. The van der Waals surface area contributed by atoms with Gasteiger partial charge in [0, 0.05) is 38.8 Å². The van der Waals surface area contributed by atoms with Crippen LogP contribution in [0.5, 0.6) is 5.75 Å². The lowest BCUT2D eigenvalue weighted by Crippen LogP contribution is -2.45. The van der Waals surface area contributed by atoms with Crippen LogP contribution in [-0.4, -0.2) is 47.2 Å². The molecule has 1 fully saturated rings. The zero-order valence-electron chi connectivity index (χ0n) is 15.1. The lowest BCUT2D eigenvalue weighted by atomic mass is 9.77. The quantitative estimate of drug-likeness (QED) is 0.932. The Labute approximate surface area is 149 Å². The molecule has 1 atom stereocenters. The normalized spacial score (nSPS) is 23.0. The van der Waals surface area contributed by atoms with Gasteiger partial charge in [0.15, 0.2) is 0 Å². The monoisotopic (exact) mass is 338 g/mol. The van der Waals surface area contributed by atoms with Gasteiger partial charge in [0.05, 0.1) is 5.69 Å². The Bertz CT molecular complexity index is 772. The van der Waals surface area contributed by atoms with Crippen LogP contribution in [0.3, 0.4) is 0 Å². The number of aromatic hydroxyl groups is 1. The summed E-state index contributed by atoms with van der Waals surface area (Å²) in [6.45, 7) is 3.04. The van der Waals surface area contributed by atoms with E-state index in [1.54, 1.807) is 6.07 Å². The molecular formula is C20H26N4O. The number of phenolic OH excluding ortho intramolecular Hbond substituents is 1. The molecule has 0 radical (unpaired) electrons. The van der Waals surface area contributed by atoms with Crippen molar-refractivity contribution in [2.75, 3.05) is 32.1 Å². The third-order valence-electron chi connectivity index (χ3n) is 5.60. The largest absolute Gasteiger partial charge is 0.508 e. The summed E-state index contributed by atoms with van der Waals surface area (Å²) in [4.78, 5) is 13.9. The minimum atomic E-state index is 0.165. The topological polar surface area (TPSA) is 52.5 Å². The van der Waals surface area contributed by atoms with Crippen LogP contribution in [0.2, 0.25) is 0 Å². The molecule has 1 spiro atoms. The van der Waals surface area contributed by atoms with E-state index in [0.29, 0.717) is 5.75 Å². The van der Waals surface area contributed by atoms with Crippen molar-refractivity contribution < 1.29 is 5.11 Å². The van der Waals surface area contributed by atoms with Crippen molar-refractivity contribution >= 4 is 5.95 Å². The molecule has 25 heavy (non-hydrogen) atoms. The van der Waals surface area contributed by atoms with Crippen LogP contribution in [0.1, 0.15) is 36.1 Å². The standard InChI is InChI=1S/C20H26N4O/c1-23(2)19-21-12-16-7-9-20(18(16)22-19)8-4-10-24(14-20)13-15-5-3-6-17(25)11-15/h3,5-6,11-12,25H,4,7-10,13-14H2,1-2H3. The van der Waals surface area contributed by atoms with Gasteiger partial charge in [-0.2, -0.15) is 0 Å². The summed E-state index contributed by atoms with van der Waals surface area (Å²) < 4.78 is 0. The number of hydrogen-bond acceptors (Lipinski definition) is 5. The van der Waals surface area contributed by atoms with Gasteiger partial charge in [-0.25, -0.2) is 9.97 Å². The van der Waals surface area contributed by atoms with Gasteiger partial charge in [0.2, 0.25) is 5.95 Å². The molecule has 1 N–H and O–H groups in total. The number of hydrogen-bond donors (Lipinski definition) is 1. The number of rotatable bonds is 3. The third kappa shape index (κ3) is 3.09. The summed E-state index contributed by atoms with van der Waals surface area (Å²) in [6, 6.07) is 7.62. The van der Waals surface area contributed by atoms with Crippen molar-refractivity contribution in [1.29, 1.82) is 0 Å². The van der Waals surface area contributed by atoms with E-state index >= 15 is 0 Å². The molecular weight excluding hydrogens is 312 g/mol. The molecule has 0 saturated carbocycles. The number of aryl methyl sites for hydroxylation is 1. The van der Waals surface area contributed by atoms with E-state index in [4.69, 9.17) is 4.98 Å². The number of benzene rings is 1. The number of likely N-dealkylation sites (tertiary alicyclic amines) is 1. The summed E-state index contributed by atoms with van der Waals surface area (Å²) in [6.07, 6.45) is 6.69. The summed E-state index contributed by atoms with van der Waals surface area (Å²) >= 11 is 0. The highest BCUT2D eigenvalue weighted by Gasteiger charge is 2.43. The van der Waals surface area contributed by atoms with Crippen LogP contribution >= 0.6 is 0 Å². The zero-order chi connectivity index (χ0) is 17.4. The molecule has 1 unspecified atom stereocenters. The average molecular weight is 338 g/mol. The molecule has 132 valence electrons. The van der Waals surface area contributed by atoms with Crippen LogP contribution in [0, 0.1) is 0 Å². The first-order chi connectivity index (χ1) is 12.1. The molecule has 4 rings (SSSR count). The molecule has 1 saturated heterocycles. The van der Waals surface area contributed by atoms with Gasteiger partial charge < -0.3 is 10.0 Å². The number of piperidine rings is 1. The number of phenols is 1. The number of anilines is 1. The number of fused-ring (bicyclic) bond motifs is 2. The zero-order valence-corrected chi connectivity index (χ0v) is 15.1. The lowest BCUT2D eigenvalue weighted by molar-refractivity contribution is 0.136. The Hall–Kier alpha value is -2.14. The highest BCUT2D eigenvalue weighted by molar-refractivity contribution is 5.39. The van der Waals surface area contributed by atoms with Gasteiger partial charge in [-0.15, -0.1) is 0 Å². The molecule has 1 aromatic heterocycles. The number of nitrogens with zero attached hydrogens (tertiary/aromatic N) is 4. The molecule has 0 amide bonds. The first-order valence-corrected chi connectivity index (χ1v) is 9.10. The highest BCUT2D eigenvalue weighted by Crippen LogP contribution is 2.44. The fourth-order valence-corrected chi connectivity index (χ4v) is 4.42. The highest BCUT2D eigenvalue weighted by atomic mass is 16.3. The fraction of sp³-hybridized carbons (Fsp3) is 0.500. The van der Waals surface area contributed by atoms with E-state index in [-0.39, 0.29) is 5.41 Å². The van der Waals surface area contributed by atoms with E-state index in [2.05, 4.69) is 16.0 Å². The van der Waals surface area contributed by atoms with Gasteiger partial charge in [-0.3, -0.25) is 4.90 Å². The van der Waals surface area contributed by atoms with Crippen molar-refractivity contribution in [2.24, 2.45) is 0 Å². The van der Waals surface area contributed by atoms with E-state index in [1.165, 1.54) is 36.1 Å². The van der Waals surface area contributed by atoms with E-state index in [0.717, 1.165) is 32.0 Å². The molecule has 1 aliphatic heterocycles. The van der Waals surface area contributed by atoms with E-state index in [1.807, 2.05) is 37.3 Å². The second-order valence-corrected chi connectivity index (χ2v) is 7.70. The Morgan fingerprint density at radius 2 is 2.16 bits per heavy atom. The van der Waals surface area contributed by atoms with E-state index < -0.39 is 0 Å². The predicted octanol–water partition coefficient (Wildman–Crippen LogP) is 2.73. The first-order valence-electron chi connectivity index (χ1n) is 9.10. The van der Waals surface area contributed by atoms with Crippen LogP contribution < -0.4 is 4.90 Å². The molecule has 1 aliphatic carbocycles. The SMILES string of the molecule is CN(C)c1ncc2c(n1)C1(CCCN(Cc3cccc(O)c3)C1)CC2. The minimum absolute atomic E-state index is 0.165. The van der Waals surface area contributed by atoms with Gasteiger partial charge in [0.1, 0.15) is 5.75 Å². The molecule has 2 aliphatic rings. The Morgan fingerprint density at radius 3 is 2.96 bits per heavy atom. The van der Waals surface area contributed by atoms with Crippen molar-refractivity contribution in [3.63, 3.8) is 0 Å². The molecule has 1 aromatic carbocycles. The lowest BCUT2D eigenvalue weighted by Gasteiger charge is -2.40. The smallest absolute Gasteiger partial charge is 0.225 e. The first kappa shape index (κ1) is 16.3. The van der Waals surface area contributed by atoms with Crippen molar-refractivity contribution in [3.05, 3.63) is 47.3 Å². The van der Waals surface area contributed by atoms with Gasteiger partial charge in [-0.05, 0) is 55.5 Å². The molecule has 5 nitrogen and oxygen atoms in total. The Kier molecular flexibility index (Phi) is 4.12. The van der Waals surface area contributed by atoms with Gasteiger partial charge >= 0.3 is 0 Å². The van der Waals surface area contributed by atoms with E-state index in [9.17, 15) is 5.11 Å². The fourth-order valence-electron chi connectivity index (χ4n) is 4.42. The van der Waals surface area contributed by atoms with Crippen LogP contribution in [0.25, 0.3) is 0 Å². The van der Waals surface area contributed by atoms with Crippen LogP contribution in [0.15, 0.2) is 30.5 Å². The third-order valence-corrected chi connectivity index (χ3v) is 5.60. The second kappa shape index (κ2) is 6.30. The van der Waals surface area contributed by atoms with Gasteiger partial charge in [0.25, 0.3) is 0 Å². The van der Waals surface area contributed by atoms with Crippen molar-refractivity contribution in [2.45, 2.75) is 37.6 Å². The van der Waals surface area contributed by atoms with Crippen LogP contribution in [0.4, 0.5) is 5.95 Å². The minimum Gasteiger partial charge on any atom is -0.508 e. The Balaban J connectivity index is 1.58. The predicted molar refractivity (Wildman–Crippen MR) is 99.0 cm³/mol.